The monoisotopic (exact) mass is 270 g/mol. The number of benzene rings is 1. The molecule has 3 nitrogen and oxygen atoms in total. The van der Waals surface area contributed by atoms with Crippen molar-refractivity contribution in [3.05, 3.63) is 42.5 Å². The van der Waals surface area contributed by atoms with E-state index in [0.717, 1.165) is 26.2 Å². The molecule has 0 aromatic heterocycles. The number of carbonyl (C=O) groups is 1. The minimum atomic E-state index is 0.256. The number of carbonyl (C=O) groups excluding carboxylic acids is 1. The van der Waals surface area contributed by atoms with Crippen LogP contribution in [0.4, 0.5) is 5.69 Å². The number of likely N-dealkylation sites (tertiary alicyclic amines) is 1. The van der Waals surface area contributed by atoms with Gasteiger partial charge in [0.15, 0.2) is 0 Å². The number of para-hydroxylation sites is 1. The van der Waals surface area contributed by atoms with Crippen molar-refractivity contribution in [1.29, 1.82) is 0 Å². The molecule has 3 rings (SSSR count). The maximum Gasteiger partial charge on any atom is 0.223 e. The fraction of sp³-hybridized carbons (Fsp3) is 0.471. The molecule has 2 aliphatic rings. The van der Waals surface area contributed by atoms with Gasteiger partial charge < -0.3 is 9.80 Å². The molecule has 2 saturated heterocycles. The summed E-state index contributed by atoms with van der Waals surface area (Å²) in [6.45, 7) is 7.64. The summed E-state index contributed by atoms with van der Waals surface area (Å²) in [5.74, 6) is 0.576. The molecule has 0 spiro atoms. The number of amides is 1. The van der Waals surface area contributed by atoms with Crippen LogP contribution in [0.25, 0.3) is 0 Å². The molecule has 1 amide bonds. The van der Waals surface area contributed by atoms with Gasteiger partial charge in [-0.1, -0.05) is 24.3 Å². The Hall–Kier alpha value is -1.77. The van der Waals surface area contributed by atoms with Gasteiger partial charge in [-0.15, -0.1) is 6.58 Å². The molecule has 1 aromatic rings. The molecule has 0 saturated carbocycles. The lowest BCUT2D eigenvalue weighted by Gasteiger charge is -2.24. The number of rotatable bonds is 4. The van der Waals surface area contributed by atoms with Crippen molar-refractivity contribution >= 4 is 11.6 Å². The molecule has 1 unspecified atom stereocenters. The van der Waals surface area contributed by atoms with E-state index < -0.39 is 0 Å². The summed E-state index contributed by atoms with van der Waals surface area (Å²) in [6, 6.07) is 8.50. The first kappa shape index (κ1) is 13.2. The summed E-state index contributed by atoms with van der Waals surface area (Å²) >= 11 is 0. The van der Waals surface area contributed by atoms with Crippen LogP contribution in [0.1, 0.15) is 24.8 Å². The van der Waals surface area contributed by atoms with Gasteiger partial charge in [-0.3, -0.25) is 4.79 Å². The van der Waals surface area contributed by atoms with Gasteiger partial charge in [-0.2, -0.15) is 0 Å². The van der Waals surface area contributed by atoms with Crippen LogP contribution in [0.3, 0.4) is 0 Å². The first-order valence-electron chi connectivity index (χ1n) is 7.51. The minimum absolute atomic E-state index is 0.256. The molecular formula is C17H22N2O. The zero-order valence-electron chi connectivity index (χ0n) is 11.9. The molecule has 1 aromatic carbocycles. The topological polar surface area (TPSA) is 23.6 Å². The molecule has 2 heterocycles. The molecule has 20 heavy (non-hydrogen) atoms. The maximum atomic E-state index is 12.0. The van der Waals surface area contributed by atoms with E-state index >= 15 is 0 Å². The second kappa shape index (κ2) is 5.70. The highest BCUT2D eigenvalue weighted by Crippen LogP contribution is 2.28. The molecule has 106 valence electrons. The Kier molecular flexibility index (Phi) is 3.77. The van der Waals surface area contributed by atoms with Crippen molar-refractivity contribution < 1.29 is 4.79 Å². The lowest BCUT2D eigenvalue weighted by molar-refractivity contribution is -0.128. The Labute approximate surface area is 120 Å². The minimum Gasteiger partial charge on any atom is -0.371 e. The maximum absolute atomic E-state index is 12.0. The Bertz CT molecular complexity index is 505. The highest BCUT2D eigenvalue weighted by Gasteiger charge is 2.28. The summed E-state index contributed by atoms with van der Waals surface area (Å²) in [5.41, 5.74) is 2.58. The normalized spacial score (nSPS) is 22.6. The van der Waals surface area contributed by atoms with E-state index in [1.54, 1.807) is 0 Å². The Morgan fingerprint density at radius 1 is 1.25 bits per heavy atom. The van der Waals surface area contributed by atoms with Gasteiger partial charge in [-0.25, -0.2) is 0 Å². The predicted molar refractivity (Wildman–Crippen MR) is 81.6 cm³/mol. The first-order chi connectivity index (χ1) is 9.78. The van der Waals surface area contributed by atoms with Crippen molar-refractivity contribution in [2.24, 2.45) is 5.92 Å². The average Bonchev–Trinajstić information content (AvgIpc) is 3.10. The third kappa shape index (κ3) is 2.58. The largest absolute Gasteiger partial charge is 0.371 e. The van der Waals surface area contributed by atoms with E-state index in [0.29, 0.717) is 12.3 Å². The molecule has 1 atom stereocenters. The van der Waals surface area contributed by atoms with Crippen LogP contribution in [0.15, 0.2) is 36.9 Å². The fourth-order valence-corrected chi connectivity index (χ4v) is 3.23. The highest BCUT2D eigenvalue weighted by molar-refractivity contribution is 5.79. The van der Waals surface area contributed by atoms with Crippen LogP contribution in [0.5, 0.6) is 0 Å². The predicted octanol–water partition coefficient (Wildman–Crippen LogP) is 2.82. The van der Waals surface area contributed by atoms with Crippen molar-refractivity contribution in [3.8, 4) is 0 Å². The molecule has 3 heteroatoms. The summed E-state index contributed by atoms with van der Waals surface area (Å²) in [5, 5.41) is 0. The van der Waals surface area contributed by atoms with Gasteiger partial charge in [0.2, 0.25) is 5.91 Å². The third-order valence-electron chi connectivity index (χ3n) is 4.38. The zero-order chi connectivity index (χ0) is 13.9. The second-order valence-corrected chi connectivity index (χ2v) is 5.80. The molecule has 0 bridgehead atoms. The van der Waals surface area contributed by atoms with Gasteiger partial charge in [0, 0.05) is 44.2 Å². The van der Waals surface area contributed by atoms with Gasteiger partial charge >= 0.3 is 0 Å². The van der Waals surface area contributed by atoms with Crippen LogP contribution in [-0.2, 0) is 11.3 Å². The van der Waals surface area contributed by atoms with Crippen molar-refractivity contribution in [2.75, 3.05) is 24.5 Å². The molecule has 2 fully saturated rings. The lowest BCUT2D eigenvalue weighted by Crippen LogP contribution is -2.26. The molecule has 2 aliphatic heterocycles. The number of hydrogen-bond donors (Lipinski definition) is 0. The Morgan fingerprint density at radius 2 is 2.00 bits per heavy atom. The van der Waals surface area contributed by atoms with Crippen LogP contribution < -0.4 is 4.90 Å². The SMILES string of the molecule is C=CC1CC(=O)N(Cc2ccccc2N2CCCC2)C1. The average molecular weight is 270 g/mol. The van der Waals surface area contributed by atoms with E-state index in [4.69, 9.17) is 0 Å². The van der Waals surface area contributed by atoms with E-state index in [2.05, 4.69) is 35.7 Å². The smallest absolute Gasteiger partial charge is 0.223 e. The van der Waals surface area contributed by atoms with E-state index in [9.17, 15) is 4.79 Å². The number of nitrogens with zero attached hydrogens (tertiary/aromatic N) is 2. The highest BCUT2D eigenvalue weighted by atomic mass is 16.2. The van der Waals surface area contributed by atoms with Gasteiger partial charge in [-0.05, 0) is 24.5 Å². The van der Waals surface area contributed by atoms with Crippen LogP contribution in [-0.4, -0.2) is 30.4 Å². The lowest BCUT2D eigenvalue weighted by atomic mass is 10.1. The van der Waals surface area contributed by atoms with Crippen molar-refractivity contribution in [1.82, 2.24) is 4.90 Å². The molecule has 0 radical (unpaired) electrons. The Balaban J connectivity index is 1.77. The quantitative estimate of drug-likeness (QED) is 0.785. The number of anilines is 1. The molecule has 0 N–H and O–H groups in total. The Morgan fingerprint density at radius 3 is 2.70 bits per heavy atom. The summed E-state index contributed by atoms with van der Waals surface area (Å²) < 4.78 is 0. The van der Waals surface area contributed by atoms with Crippen LogP contribution in [0, 0.1) is 5.92 Å². The van der Waals surface area contributed by atoms with Gasteiger partial charge in [0.25, 0.3) is 0 Å². The molecule has 0 aliphatic carbocycles. The second-order valence-electron chi connectivity index (χ2n) is 5.80. The summed E-state index contributed by atoms with van der Waals surface area (Å²) in [7, 11) is 0. The van der Waals surface area contributed by atoms with Gasteiger partial charge in [0.05, 0.1) is 0 Å². The van der Waals surface area contributed by atoms with E-state index in [1.807, 2.05) is 11.0 Å². The molecular weight excluding hydrogens is 248 g/mol. The van der Waals surface area contributed by atoms with Gasteiger partial charge in [0.1, 0.15) is 0 Å². The zero-order valence-corrected chi connectivity index (χ0v) is 11.9. The number of hydrogen-bond acceptors (Lipinski definition) is 2. The van der Waals surface area contributed by atoms with Crippen LogP contribution in [0.2, 0.25) is 0 Å². The third-order valence-corrected chi connectivity index (χ3v) is 4.38. The van der Waals surface area contributed by atoms with Crippen molar-refractivity contribution in [2.45, 2.75) is 25.8 Å². The van der Waals surface area contributed by atoms with E-state index in [1.165, 1.54) is 24.1 Å². The summed E-state index contributed by atoms with van der Waals surface area (Å²) in [6.07, 6.45) is 5.07. The fourth-order valence-electron chi connectivity index (χ4n) is 3.23. The first-order valence-corrected chi connectivity index (χ1v) is 7.51. The van der Waals surface area contributed by atoms with Crippen LogP contribution >= 0.6 is 0 Å². The standard InChI is InChI=1S/C17H22N2O/c1-2-14-11-17(20)19(12-14)13-15-7-3-4-8-16(15)18-9-5-6-10-18/h2-4,7-8,14H,1,5-6,9-13H2. The summed E-state index contributed by atoms with van der Waals surface area (Å²) in [4.78, 5) is 16.5. The van der Waals surface area contributed by atoms with E-state index in [-0.39, 0.29) is 5.91 Å². The van der Waals surface area contributed by atoms with Crippen molar-refractivity contribution in [3.63, 3.8) is 0 Å².